The molecule has 1 fully saturated rings. The fraction of sp³-hybridized carbons (Fsp3) is 0.700. The highest BCUT2D eigenvalue weighted by Crippen LogP contribution is 2.21. The van der Waals surface area contributed by atoms with Crippen LogP contribution in [0.2, 0.25) is 0 Å². The lowest BCUT2D eigenvalue weighted by molar-refractivity contribution is -0.148. The summed E-state index contributed by atoms with van der Waals surface area (Å²) in [5, 5.41) is 10.4. The number of piperazine rings is 1. The van der Waals surface area contributed by atoms with Crippen molar-refractivity contribution in [2.45, 2.75) is 26.3 Å². The molecule has 0 aromatic carbocycles. The maximum Gasteiger partial charge on any atom is 0.407 e. The topological polar surface area (TPSA) is 70.1 Å². The number of carbonyl (C=O) groups excluding carboxylic acids is 1. The van der Waals surface area contributed by atoms with Gasteiger partial charge in [0.05, 0.1) is 19.2 Å². The molecule has 6 nitrogen and oxygen atoms in total. The van der Waals surface area contributed by atoms with Gasteiger partial charge in [-0.2, -0.15) is 0 Å². The molecule has 16 heavy (non-hydrogen) atoms. The van der Waals surface area contributed by atoms with Gasteiger partial charge in [-0.25, -0.2) is 14.7 Å². The second kappa shape index (κ2) is 5.53. The predicted molar refractivity (Wildman–Crippen MR) is 56.3 cm³/mol. The van der Waals surface area contributed by atoms with Crippen LogP contribution >= 0.6 is 0 Å². The number of hydrogen-bond acceptors (Lipinski definition) is 4. The lowest BCUT2D eigenvalue weighted by atomic mass is 10.1. The van der Waals surface area contributed by atoms with Gasteiger partial charge in [-0.3, -0.25) is 9.74 Å². The fourth-order valence-electron chi connectivity index (χ4n) is 1.84. The van der Waals surface area contributed by atoms with Crippen molar-refractivity contribution in [2.24, 2.45) is 0 Å². The van der Waals surface area contributed by atoms with E-state index < -0.39 is 12.1 Å². The lowest BCUT2D eigenvalue weighted by Crippen LogP contribution is -2.53. The van der Waals surface area contributed by atoms with Gasteiger partial charge in [0.15, 0.2) is 0 Å². The number of rotatable bonds is 3. The van der Waals surface area contributed by atoms with E-state index in [4.69, 9.17) is 9.94 Å². The maximum absolute atomic E-state index is 11.0. The number of hydroxylamine groups is 2. The van der Waals surface area contributed by atoms with Gasteiger partial charge in [0.1, 0.15) is 11.6 Å². The van der Waals surface area contributed by atoms with E-state index in [0.29, 0.717) is 26.1 Å². The lowest BCUT2D eigenvalue weighted by Gasteiger charge is -2.39. The average Bonchev–Trinajstić information content (AvgIpc) is 2.28. The zero-order valence-corrected chi connectivity index (χ0v) is 9.47. The molecule has 0 aromatic rings. The van der Waals surface area contributed by atoms with Gasteiger partial charge in [0.25, 0.3) is 0 Å². The molecular formula is C10H16N2O4. The number of amides is 1. The molecule has 0 aliphatic carbocycles. The first-order chi connectivity index (χ1) is 7.65. The van der Waals surface area contributed by atoms with E-state index in [-0.39, 0.29) is 5.70 Å². The van der Waals surface area contributed by atoms with Crippen LogP contribution in [0.1, 0.15) is 20.3 Å². The van der Waals surface area contributed by atoms with Crippen molar-refractivity contribution in [3.63, 3.8) is 0 Å². The average molecular weight is 228 g/mol. The Hall–Kier alpha value is -1.52. The van der Waals surface area contributed by atoms with Crippen molar-refractivity contribution in [1.29, 1.82) is 0 Å². The molecule has 90 valence electrons. The number of carboxylic acid groups (broad SMARTS) is 1. The third-order valence-corrected chi connectivity index (χ3v) is 2.53. The summed E-state index contributed by atoms with van der Waals surface area (Å²) in [6.45, 7) is 4.77. The highest BCUT2D eigenvalue weighted by Gasteiger charge is 2.34. The van der Waals surface area contributed by atoms with Gasteiger partial charge in [0, 0.05) is 6.54 Å². The molecule has 1 N–H and O–H groups in total. The van der Waals surface area contributed by atoms with Crippen LogP contribution in [0.4, 0.5) is 4.79 Å². The Labute approximate surface area is 94.0 Å². The van der Waals surface area contributed by atoms with Crippen LogP contribution in [0.3, 0.4) is 0 Å². The molecule has 1 unspecified atom stereocenters. The van der Waals surface area contributed by atoms with Gasteiger partial charge < -0.3 is 5.11 Å². The molecule has 1 saturated heterocycles. The molecule has 1 rings (SSSR count). The van der Waals surface area contributed by atoms with Crippen LogP contribution in [-0.2, 0) is 9.63 Å². The van der Waals surface area contributed by atoms with Crippen molar-refractivity contribution < 1.29 is 19.5 Å². The zero-order valence-electron chi connectivity index (χ0n) is 9.47. The van der Waals surface area contributed by atoms with Crippen molar-refractivity contribution in [2.75, 3.05) is 19.7 Å². The Morgan fingerprint density at radius 1 is 1.56 bits per heavy atom. The SMILES string of the molecule is CCON1CCN(C(=O)O)C(CC)C1=C=O. The van der Waals surface area contributed by atoms with Crippen LogP contribution in [0.15, 0.2) is 5.70 Å². The molecule has 0 saturated carbocycles. The van der Waals surface area contributed by atoms with E-state index in [0.717, 1.165) is 0 Å². The summed E-state index contributed by atoms with van der Waals surface area (Å²) in [6.07, 6.45) is -0.490. The Morgan fingerprint density at radius 3 is 2.69 bits per heavy atom. The molecule has 6 heteroatoms. The number of hydrogen-bond donors (Lipinski definition) is 1. The number of nitrogens with zero attached hydrogens (tertiary/aromatic N) is 2. The summed E-state index contributed by atoms with van der Waals surface area (Å²) < 4.78 is 0. The molecule has 1 heterocycles. The Balaban J connectivity index is 2.90. The van der Waals surface area contributed by atoms with Gasteiger partial charge in [0.2, 0.25) is 0 Å². The van der Waals surface area contributed by atoms with Gasteiger partial charge in [-0.05, 0) is 13.3 Å². The second-order valence-electron chi connectivity index (χ2n) is 3.41. The largest absolute Gasteiger partial charge is 0.465 e. The van der Waals surface area contributed by atoms with Gasteiger partial charge in [-0.1, -0.05) is 6.92 Å². The van der Waals surface area contributed by atoms with Crippen LogP contribution in [0, 0.1) is 0 Å². The minimum absolute atomic E-state index is 0.262. The summed E-state index contributed by atoms with van der Waals surface area (Å²) in [5.74, 6) is 1.79. The van der Waals surface area contributed by atoms with Crippen molar-refractivity contribution in [1.82, 2.24) is 9.96 Å². The molecule has 0 bridgehead atoms. The highest BCUT2D eigenvalue weighted by molar-refractivity contribution is 5.68. The van der Waals surface area contributed by atoms with Gasteiger partial charge in [-0.15, -0.1) is 0 Å². The van der Waals surface area contributed by atoms with Gasteiger partial charge >= 0.3 is 6.09 Å². The normalized spacial score (nSPS) is 20.9. The minimum atomic E-state index is -1.02. The monoisotopic (exact) mass is 228 g/mol. The summed E-state index contributed by atoms with van der Waals surface area (Å²) in [5.41, 5.74) is 0.262. The molecule has 1 aliphatic heterocycles. The van der Waals surface area contributed by atoms with E-state index in [9.17, 15) is 9.59 Å². The van der Waals surface area contributed by atoms with Crippen LogP contribution in [-0.4, -0.2) is 52.8 Å². The molecule has 0 radical (unpaired) electrons. The number of carbonyl (C=O) groups is 1. The van der Waals surface area contributed by atoms with E-state index in [2.05, 4.69) is 0 Å². The van der Waals surface area contributed by atoms with Crippen molar-refractivity contribution in [3.8, 4) is 0 Å². The predicted octanol–water partition coefficient (Wildman–Crippen LogP) is 0.728. The third kappa shape index (κ3) is 2.35. The van der Waals surface area contributed by atoms with E-state index in [1.165, 1.54) is 9.96 Å². The first kappa shape index (κ1) is 12.5. The minimum Gasteiger partial charge on any atom is -0.465 e. The van der Waals surface area contributed by atoms with E-state index >= 15 is 0 Å². The summed E-state index contributed by atoms with van der Waals surface area (Å²) in [4.78, 5) is 28.4. The Bertz CT molecular complexity index is 312. The zero-order chi connectivity index (χ0) is 12.1. The second-order valence-corrected chi connectivity index (χ2v) is 3.41. The summed E-state index contributed by atoms with van der Waals surface area (Å²) >= 11 is 0. The summed E-state index contributed by atoms with van der Waals surface area (Å²) in [6, 6.07) is -0.463. The Morgan fingerprint density at radius 2 is 2.25 bits per heavy atom. The molecule has 1 atom stereocenters. The standard InChI is InChI=1S/C10H16N2O4/c1-3-8-9(7-13)12(16-4-2)6-5-11(8)10(14)15/h8H,3-6H2,1-2H3,(H,14,15). The summed E-state index contributed by atoms with van der Waals surface area (Å²) in [7, 11) is 0. The van der Waals surface area contributed by atoms with E-state index in [1.54, 1.807) is 5.94 Å². The van der Waals surface area contributed by atoms with Crippen LogP contribution in [0.25, 0.3) is 0 Å². The fourth-order valence-corrected chi connectivity index (χ4v) is 1.84. The molecule has 0 spiro atoms. The van der Waals surface area contributed by atoms with Crippen molar-refractivity contribution in [3.05, 3.63) is 5.70 Å². The molecule has 1 amide bonds. The Kier molecular flexibility index (Phi) is 4.34. The molecule has 1 aliphatic rings. The van der Waals surface area contributed by atoms with Crippen LogP contribution in [0.5, 0.6) is 0 Å². The molecular weight excluding hydrogens is 212 g/mol. The highest BCUT2D eigenvalue weighted by atomic mass is 16.7. The maximum atomic E-state index is 11.0. The molecule has 0 aromatic heterocycles. The first-order valence-electron chi connectivity index (χ1n) is 5.30. The van der Waals surface area contributed by atoms with E-state index in [1.807, 2.05) is 13.8 Å². The van der Waals surface area contributed by atoms with Crippen molar-refractivity contribution >= 4 is 12.0 Å². The quantitative estimate of drug-likeness (QED) is 0.721. The first-order valence-corrected chi connectivity index (χ1v) is 5.30. The van der Waals surface area contributed by atoms with Crippen LogP contribution < -0.4 is 0 Å². The third-order valence-electron chi connectivity index (χ3n) is 2.53. The smallest absolute Gasteiger partial charge is 0.407 e.